The van der Waals surface area contributed by atoms with Crippen LogP contribution in [-0.4, -0.2) is 32.6 Å². The second-order valence-electron chi connectivity index (χ2n) is 8.73. The van der Waals surface area contributed by atoms with Crippen LogP contribution in [0.25, 0.3) is 0 Å². The van der Waals surface area contributed by atoms with Gasteiger partial charge in [-0.25, -0.2) is 8.78 Å². The zero-order valence-electron chi connectivity index (χ0n) is 19.3. The first kappa shape index (κ1) is 24.8. The zero-order chi connectivity index (χ0) is 24.8. The molecule has 3 N–H and O–H groups in total. The number of halogens is 2. The van der Waals surface area contributed by atoms with Crippen molar-refractivity contribution in [1.29, 1.82) is 0 Å². The second kappa shape index (κ2) is 11.4. The number of carbonyl (C=O) groups excluding carboxylic acids is 2. The maximum atomic E-state index is 13.0. The minimum Gasteiger partial charge on any atom is -0.379 e. The van der Waals surface area contributed by atoms with Gasteiger partial charge in [-0.2, -0.15) is 5.10 Å². The summed E-state index contributed by atoms with van der Waals surface area (Å²) in [5.74, 6) is -0.171. The molecule has 2 amide bonds. The van der Waals surface area contributed by atoms with E-state index >= 15 is 0 Å². The van der Waals surface area contributed by atoms with Gasteiger partial charge in [-0.05, 0) is 30.5 Å². The molecular formula is C24H28F2N6O2S. The summed E-state index contributed by atoms with van der Waals surface area (Å²) < 4.78 is 27.3. The molecule has 0 saturated heterocycles. The molecule has 186 valence electrons. The predicted molar refractivity (Wildman–Crippen MR) is 131 cm³/mol. The number of hydrogen-bond acceptors (Lipinski definition) is 6. The number of hydrogen-bond donors (Lipinski definition) is 3. The van der Waals surface area contributed by atoms with Crippen LogP contribution in [0.3, 0.4) is 0 Å². The van der Waals surface area contributed by atoms with Gasteiger partial charge < -0.3 is 16.0 Å². The van der Waals surface area contributed by atoms with Crippen molar-refractivity contribution in [3.8, 4) is 0 Å². The summed E-state index contributed by atoms with van der Waals surface area (Å²) in [7, 11) is 1.77. The molecule has 8 nitrogen and oxygen atoms in total. The molecule has 0 spiro atoms. The van der Waals surface area contributed by atoms with Crippen molar-refractivity contribution < 1.29 is 18.4 Å². The molecule has 0 aliphatic heterocycles. The van der Waals surface area contributed by atoms with E-state index in [9.17, 15) is 18.4 Å². The smallest absolute Gasteiger partial charge is 0.265 e. The number of anilines is 2. The number of nitrogens with zero attached hydrogens (tertiary/aromatic N) is 3. The van der Waals surface area contributed by atoms with Gasteiger partial charge in [-0.15, -0.1) is 11.3 Å². The molecule has 1 aliphatic rings. The Labute approximate surface area is 206 Å². The lowest BCUT2D eigenvalue weighted by Gasteiger charge is -2.21. The summed E-state index contributed by atoms with van der Waals surface area (Å²) in [6.45, 7) is 0.360. The van der Waals surface area contributed by atoms with Gasteiger partial charge in [0.1, 0.15) is 6.04 Å². The molecule has 11 heteroatoms. The first-order valence-electron chi connectivity index (χ1n) is 11.5. The Hall–Kier alpha value is -3.34. The number of alkyl halides is 2. The van der Waals surface area contributed by atoms with Gasteiger partial charge in [0.2, 0.25) is 5.91 Å². The SMILES string of the molecule is Cn1cc(NC(=O)[C@H](CC2CCCC2)NC(=O)c2ccc(CNc3cncc(C(F)F)c3)s2)cn1. The van der Waals surface area contributed by atoms with Crippen molar-refractivity contribution >= 4 is 34.5 Å². The minimum absolute atomic E-state index is 0.154. The average molecular weight is 503 g/mol. The van der Waals surface area contributed by atoms with Crippen molar-refractivity contribution in [1.82, 2.24) is 20.1 Å². The Kier molecular flexibility index (Phi) is 8.06. The topological polar surface area (TPSA) is 101 Å². The lowest BCUT2D eigenvalue weighted by molar-refractivity contribution is -0.118. The van der Waals surface area contributed by atoms with E-state index in [-0.39, 0.29) is 17.4 Å². The third-order valence-electron chi connectivity index (χ3n) is 6.00. The predicted octanol–water partition coefficient (Wildman–Crippen LogP) is 4.74. The summed E-state index contributed by atoms with van der Waals surface area (Å²) in [5.41, 5.74) is 0.906. The number of pyridine rings is 1. The van der Waals surface area contributed by atoms with Gasteiger partial charge in [-0.1, -0.05) is 25.7 Å². The summed E-state index contributed by atoms with van der Waals surface area (Å²) in [6.07, 6.45) is 8.29. The second-order valence-corrected chi connectivity index (χ2v) is 9.90. The number of amides is 2. The highest BCUT2D eigenvalue weighted by Crippen LogP contribution is 2.29. The van der Waals surface area contributed by atoms with Gasteiger partial charge in [0.05, 0.1) is 22.4 Å². The van der Waals surface area contributed by atoms with E-state index in [2.05, 4.69) is 26.0 Å². The largest absolute Gasteiger partial charge is 0.379 e. The van der Waals surface area contributed by atoms with Crippen molar-refractivity contribution in [3.05, 3.63) is 58.3 Å². The van der Waals surface area contributed by atoms with Crippen molar-refractivity contribution in [2.24, 2.45) is 13.0 Å². The van der Waals surface area contributed by atoms with Gasteiger partial charge in [0, 0.05) is 42.6 Å². The van der Waals surface area contributed by atoms with Crippen molar-refractivity contribution in [2.45, 2.75) is 51.1 Å². The molecular weight excluding hydrogens is 474 g/mol. The first-order valence-corrected chi connectivity index (χ1v) is 12.3. The number of rotatable bonds is 10. The van der Waals surface area contributed by atoms with Crippen LogP contribution in [0.4, 0.5) is 20.2 Å². The van der Waals surface area contributed by atoms with E-state index in [1.807, 2.05) is 0 Å². The highest BCUT2D eigenvalue weighted by Gasteiger charge is 2.27. The third kappa shape index (κ3) is 6.84. The Balaban J connectivity index is 1.38. The first-order chi connectivity index (χ1) is 16.9. The molecule has 0 aromatic carbocycles. The summed E-state index contributed by atoms with van der Waals surface area (Å²) in [4.78, 5) is 31.1. The molecule has 35 heavy (non-hydrogen) atoms. The summed E-state index contributed by atoms with van der Waals surface area (Å²) in [5, 5.41) is 12.9. The third-order valence-corrected chi connectivity index (χ3v) is 7.09. The molecule has 3 aromatic rings. The molecule has 0 radical (unpaired) electrons. The highest BCUT2D eigenvalue weighted by molar-refractivity contribution is 7.14. The standard InChI is InChI=1S/C24H28F2N6O2S/c1-32-14-18(12-29-32)30-23(33)20(8-15-4-2-3-5-15)31-24(34)21-7-6-19(35-21)13-28-17-9-16(22(25)26)10-27-11-17/h6-7,9-12,14-15,20,22,28H,2-5,8,13H2,1H3,(H,30,33)(H,31,34)/t20-/m0/s1. The van der Waals surface area contributed by atoms with Crippen LogP contribution < -0.4 is 16.0 Å². The van der Waals surface area contributed by atoms with Gasteiger partial charge in [0.15, 0.2) is 0 Å². The zero-order valence-corrected chi connectivity index (χ0v) is 20.2. The molecule has 3 aromatic heterocycles. The minimum atomic E-state index is -2.59. The fraction of sp³-hybridized carbons (Fsp3) is 0.417. The molecule has 1 aliphatic carbocycles. The molecule has 4 rings (SSSR count). The number of nitrogens with one attached hydrogen (secondary N) is 3. The van der Waals surface area contributed by atoms with Gasteiger partial charge in [-0.3, -0.25) is 19.3 Å². The lowest BCUT2D eigenvalue weighted by atomic mass is 9.97. The van der Waals surface area contributed by atoms with Crippen LogP contribution in [0.1, 0.15) is 58.6 Å². The van der Waals surface area contributed by atoms with E-state index in [4.69, 9.17) is 0 Å². The Morgan fingerprint density at radius 2 is 1.97 bits per heavy atom. The molecule has 1 atom stereocenters. The fourth-order valence-corrected chi connectivity index (χ4v) is 5.06. The number of aryl methyl sites for hydroxylation is 1. The van der Waals surface area contributed by atoms with Crippen LogP contribution in [0.15, 0.2) is 43.0 Å². The van der Waals surface area contributed by atoms with E-state index in [0.29, 0.717) is 35.1 Å². The molecule has 3 heterocycles. The van der Waals surface area contributed by atoms with Gasteiger partial charge in [0.25, 0.3) is 12.3 Å². The van der Waals surface area contributed by atoms with Crippen LogP contribution in [0.5, 0.6) is 0 Å². The number of thiophene rings is 1. The molecule has 1 saturated carbocycles. The Bertz CT molecular complexity index is 1160. The van der Waals surface area contributed by atoms with E-state index < -0.39 is 12.5 Å². The van der Waals surface area contributed by atoms with E-state index in [0.717, 1.165) is 36.8 Å². The van der Waals surface area contributed by atoms with E-state index in [1.165, 1.54) is 23.6 Å². The fourth-order valence-electron chi connectivity index (χ4n) is 4.21. The van der Waals surface area contributed by atoms with Crippen LogP contribution in [0, 0.1) is 5.92 Å². The van der Waals surface area contributed by atoms with Crippen molar-refractivity contribution in [3.63, 3.8) is 0 Å². The molecule has 0 unspecified atom stereocenters. The molecule has 1 fully saturated rings. The average Bonchev–Trinajstić information content (AvgIpc) is 3.60. The van der Waals surface area contributed by atoms with E-state index in [1.54, 1.807) is 36.3 Å². The monoisotopic (exact) mass is 502 g/mol. The molecule has 0 bridgehead atoms. The maximum Gasteiger partial charge on any atom is 0.265 e. The normalized spacial score (nSPS) is 14.7. The van der Waals surface area contributed by atoms with Crippen molar-refractivity contribution in [2.75, 3.05) is 10.6 Å². The Morgan fingerprint density at radius 1 is 1.17 bits per heavy atom. The quantitative estimate of drug-likeness (QED) is 0.372. The summed E-state index contributed by atoms with van der Waals surface area (Å²) >= 11 is 1.29. The number of carbonyl (C=O) groups is 2. The maximum absolute atomic E-state index is 13.0. The summed E-state index contributed by atoms with van der Waals surface area (Å²) in [6, 6.07) is 4.21. The van der Waals surface area contributed by atoms with Crippen LogP contribution in [0.2, 0.25) is 0 Å². The number of aromatic nitrogens is 3. The lowest BCUT2D eigenvalue weighted by Crippen LogP contribution is -2.44. The van der Waals surface area contributed by atoms with Crippen LogP contribution >= 0.6 is 11.3 Å². The van der Waals surface area contributed by atoms with Crippen LogP contribution in [-0.2, 0) is 18.4 Å². The highest BCUT2D eigenvalue weighted by atomic mass is 32.1. The Morgan fingerprint density at radius 3 is 2.69 bits per heavy atom. The van der Waals surface area contributed by atoms with Gasteiger partial charge >= 0.3 is 0 Å².